The monoisotopic (exact) mass is 251 g/mol. The van der Waals surface area contributed by atoms with Crippen molar-refractivity contribution in [3.8, 4) is 0 Å². The normalized spacial score (nSPS) is 17.1. The minimum atomic E-state index is -0.198. The number of nitrogens with one attached hydrogen (secondary N) is 1. The van der Waals surface area contributed by atoms with Gasteiger partial charge in [0.2, 0.25) is 0 Å². The van der Waals surface area contributed by atoms with Crippen molar-refractivity contribution in [3.05, 3.63) is 35.6 Å². The number of benzene rings is 1. The maximum Gasteiger partial charge on any atom is 0.123 e. The molecule has 0 bridgehead atoms. The van der Waals surface area contributed by atoms with E-state index in [1.54, 1.807) is 0 Å². The van der Waals surface area contributed by atoms with E-state index < -0.39 is 0 Å². The van der Waals surface area contributed by atoms with Crippen LogP contribution in [-0.2, 0) is 4.74 Å². The summed E-state index contributed by atoms with van der Waals surface area (Å²) in [4.78, 5) is 0. The molecular formula is C15H22FNO. The second-order valence-electron chi connectivity index (χ2n) is 5.45. The molecule has 18 heavy (non-hydrogen) atoms. The fourth-order valence-corrected chi connectivity index (χ4v) is 1.82. The van der Waals surface area contributed by atoms with Crippen LogP contribution < -0.4 is 5.32 Å². The standard InChI is InChI=1S/C15H22FNO/c1-11(2)10-18-15(9-17-14-7-8-14)12-3-5-13(16)6-4-12/h3-6,11,14-15,17H,7-10H2,1-2H3. The van der Waals surface area contributed by atoms with Crippen LogP contribution in [-0.4, -0.2) is 19.2 Å². The number of ether oxygens (including phenoxy) is 1. The lowest BCUT2D eigenvalue weighted by atomic mass is 10.1. The Kier molecular flexibility index (Phi) is 4.72. The lowest BCUT2D eigenvalue weighted by molar-refractivity contribution is 0.0349. The SMILES string of the molecule is CC(C)COC(CNC1CC1)c1ccc(F)cc1. The quantitative estimate of drug-likeness (QED) is 0.803. The lowest BCUT2D eigenvalue weighted by Crippen LogP contribution is -2.26. The van der Waals surface area contributed by atoms with Crippen molar-refractivity contribution in [2.24, 2.45) is 5.92 Å². The molecule has 1 N–H and O–H groups in total. The predicted octanol–water partition coefficient (Wildman–Crippen LogP) is 3.29. The third-order valence-electron chi connectivity index (χ3n) is 3.04. The molecule has 2 nitrogen and oxygen atoms in total. The van der Waals surface area contributed by atoms with E-state index in [4.69, 9.17) is 4.74 Å². The molecule has 1 saturated carbocycles. The van der Waals surface area contributed by atoms with E-state index >= 15 is 0 Å². The molecule has 3 heteroatoms. The highest BCUT2D eigenvalue weighted by molar-refractivity contribution is 5.19. The van der Waals surface area contributed by atoms with Crippen molar-refractivity contribution in [1.82, 2.24) is 5.32 Å². The van der Waals surface area contributed by atoms with Crippen molar-refractivity contribution in [2.75, 3.05) is 13.2 Å². The van der Waals surface area contributed by atoms with Gasteiger partial charge in [-0.15, -0.1) is 0 Å². The van der Waals surface area contributed by atoms with Crippen molar-refractivity contribution >= 4 is 0 Å². The first-order valence-corrected chi connectivity index (χ1v) is 6.75. The molecule has 0 aliphatic heterocycles. The van der Waals surface area contributed by atoms with Gasteiger partial charge in [-0.1, -0.05) is 26.0 Å². The number of halogens is 1. The van der Waals surface area contributed by atoms with Crippen LogP contribution in [0.5, 0.6) is 0 Å². The Balaban J connectivity index is 1.94. The summed E-state index contributed by atoms with van der Waals surface area (Å²) in [7, 11) is 0. The van der Waals surface area contributed by atoms with E-state index in [0.29, 0.717) is 12.0 Å². The highest BCUT2D eigenvalue weighted by Crippen LogP contribution is 2.22. The zero-order chi connectivity index (χ0) is 13.0. The van der Waals surface area contributed by atoms with Gasteiger partial charge in [0.15, 0.2) is 0 Å². The lowest BCUT2D eigenvalue weighted by Gasteiger charge is -2.20. The number of hydrogen-bond acceptors (Lipinski definition) is 2. The van der Waals surface area contributed by atoms with E-state index in [-0.39, 0.29) is 11.9 Å². The zero-order valence-corrected chi connectivity index (χ0v) is 11.2. The van der Waals surface area contributed by atoms with Crippen LogP contribution in [0, 0.1) is 11.7 Å². The summed E-state index contributed by atoms with van der Waals surface area (Å²) in [5.74, 6) is 0.311. The maximum absolute atomic E-state index is 12.9. The summed E-state index contributed by atoms with van der Waals surface area (Å²) in [6.45, 7) is 5.81. The third kappa shape index (κ3) is 4.39. The molecule has 0 radical (unpaired) electrons. The van der Waals surface area contributed by atoms with E-state index in [1.165, 1.54) is 25.0 Å². The van der Waals surface area contributed by atoms with Crippen molar-refractivity contribution < 1.29 is 9.13 Å². The van der Waals surface area contributed by atoms with E-state index in [9.17, 15) is 4.39 Å². The van der Waals surface area contributed by atoms with Gasteiger partial charge in [-0.05, 0) is 36.5 Å². The zero-order valence-electron chi connectivity index (χ0n) is 11.2. The summed E-state index contributed by atoms with van der Waals surface area (Å²) in [5.41, 5.74) is 1.05. The maximum atomic E-state index is 12.9. The Morgan fingerprint density at radius 1 is 1.28 bits per heavy atom. The van der Waals surface area contributed by atoms with Gasteiger partial charge in [0.05, 0.1) is 6.10 Å². The molecule has 1 fully saturated rings. The third-order valence-corrected chi connectivity index (χ3v) is 3.04. The van der Waals surface area contributed by atoms with Crippen molar-refractivity contribution in [2.45, 2.75) is 38.8 Å². The smallest absolute Gasteiger partial charge is 0.123 e. The van der Waals surface area contributed by atoms with Crippen molar-refractivity contribution in [1.29, 1.82) is 0 Å². The fraction of sp³-hybridized carbons (Fsp3) is 0.600. The summed E-state index contributed by atoms with van der Waals surface area (Å²) < 4.78 is 18.9. The van der Waals surface area contributed by atoms with Gasteiger partial charge in [-0.25, -0.2) is 4.39 Å². The molecule has 1 aliphatic rings. The summed E-state index contributed by atoms with van der Waals surface area (Å²) in [6, 6.07) is 7.29. The Morgan fingerprint density at radius 2 is 1.94 bits per heavy atom. The highest BCUT2D eigenvalue weighted by atomic mass is 19.1. The van der Waals surface area contributed by atoms with Crippen LogP contribution >= 0.6 is 0 Å². The molecule has 1 aliphatic carbocycles. The van der Waals surface area contributed by atoms with Gasteiger partial charge < -0.3 is 10.1 Å². The minimum Gasteiger partial charge on any atom is -0.372 e. The number of rotatable bonds is 7. The van der Waals surface area contributed by atoms with Gasteiger partial charge in [0.1, 0.15) is 5.82 Å². The predicted molar refractivity (Wildman–Crippen MR) is 71.0 cm³/mol. The first-order chi connectivity index (χ1) is 8.65. The molecule has 1 unspecified atom stereocenters. The molecular weight excluding hydrogens is 229 g/mol. The van der Waals surface area contributed by atoms with Crippen LogP contribution in [0.1, 0.15) is 38.4 Å². The fourth-order valence-electron chi connectivity index (χ4n) is 1.82. The van der Waals surface area contributed by atoms with Crippen molar-refractivity contribution in [3.63, 3.8) is 0 Å². The van der Waals surface area contributed by atoms with Crippen LogP contribution in [0.4, 0.5) is 4.39 Å². The molecule has 0 spiro atoms. The van der Waals surface area contributed by atoms with Gasteiger partial charge in [-0.3, -0.25) is 0 Å². The van der Waals surface area contributed by atoms with Crippen LogP contribution in [0.2, 0.25) is 0 Å². The summed E-state index contributed by atoms with van der Waals surface area (Å²) in [6.07, 6.45) is 2.55. The van der Waals surface area contributed by atoms with E-state index in [0.717, 1.165) is 18.7 Å². The Bertz CT molecular complexity index is 353. The molecule has 2 rings (SSSR count). The topological polar surface area (TPSA) is 21.3 Å². The van der Waals surface area contributed by atoms with Crippen LogP contribution in [0.3, 0.4) is 0 Å². The summed E-state index contributed by atoms with van der Waals surface area (Å²) >= 11 is 0. The first-order valence-electron chi connectivity index (χ1n) is 6.75. The van der Waals surface area contributed by atoms with E-state index in [1.807, 2.05) is 12.1 Å². The average molecular weight is 251 g/mol. The first kappa shape index (κ1) is 13.5. The molecule has 1 aromatic rings. The molecule has 0 aromatic heterocycles. The molecule has 1 atom stereocenters. The second-order valence-corrected chi connectivity index (χ2v) is 5.45. The minimum absolute atomic E-state index is 0.0219. The Morgan fingerprint density at radius 3 is 2.50 bits per heavy atom. The highest BCUT2D eigenvalue weighted by Gasteiger charge is 2.22. The average Bonchev–Trinajstić information content (AvgIpc) is 3.14. The molecule has 0 amide bonds. The summed E-state index contributed by atoms with van der Waals surface area (Å²) in [5, 5.41) is 3.47. The molecule has 100 valence electrons. The largest absolute Gasteiger partial charge is 0.372 e. The number of hydrogen-bond donors (Lipinski definition) is 1. The Hall–Kier alpha value is -0.930. The van der Waals surface area contributed by atoms with Crippen LogP contribution in [0.15, 0.2) is 24.3 Å². The molecule has 0 saturated heterocycles. The van der Waals surface area contributed by atoms with Gasteiger partial charge in [0, 0.05) is 19.2 Å². The van der Waals surface area contributed by atoms with Gasteiger partial charge in [0.25, 0.3) is 0 Å². The molecule has 1 aromatic carbocycles. The van der Waals surface area contributed by atoms with Gasteiger partial charge >= 0.3 is 0 Å². The van der Waals surface area contributed by atoms with Crippen LogP contribution in [0.25, 0.3) is 0 Å². The second kappa shape index (κ2) is 6.30. The van der Waals surface area contributed by atoms with Gasteiger partial charge in [-0.2, -0.15) is 0 Å². The Labute approximate surface area is 109 Å². The van der Waals surface area contributed by atoms with E-state index in [2.05, 4.69) is 19.2 Å². The molecule has 0 heterocycles.